The van der Waals surface area contributed by atoms with Crippen molar-refractivity contribution in [1.82, 2.24) is 10.6 Å². The second kappa shape index (κ2) is 7.97. The van der Waals surface area contributed by atoms with Gasteiger partial charge in [0.05, 0.1) is 0 Å². The van der Waals surface area contributed by atoms with Gasteiger partial charge in [0.2, 0.25) is 11.8 Å². The third kappa shape index (κ3) is 4.92. The number of amides is 2. The second-order valence-corrected chi connectivity index (χ2v) is 6.87. The molecule has 25 heavy (non-hydrogen) atoms. The molecule has 2 aromatic carbocycles. The van der Waals surface area contributed by atoms with E-state index in [0.717, 1.165) is 11.1 Å². The maximum Gasteiger partial charge on any atom is 0.245 e. The largest absolute Gasteiger partial charge is 0.351 e. The number of hydrogen-bond donors (Lipinski definition) is 2. The molecule has 0 aliphatic heterocycles. The molecule has 2 N–H and O–H groups in total. The van der Waals surface area contributed by atoms with Crippen LogP contribution in [0.2, 0.25) is 0 Å². The predicted molar refractivity (Wildman–Crippen MR) is 100 cm³/mol. The number of hydrogen-bond acceptors (Lipinski definition) is 2. The highest BCUT2D eigenvalue weighted by Crippen LogP contribution is 2.28. The first-order valence-electron chi connectivity index (χ1n) is 8.51. The van der Waals surface area contributed by atoms with Crippen LogP contribution >= 0.6 is 0 Å². The van der Waals surface area contributed by atoms with Crippen molar-refractivity contribution in [2.75, 3.05) is 0 Å². The van der Waals surface area contributed by atoms with Crippen LogP contribution in [0.15, 0.2) is 60.7 Å². The quantitative estimate of drug-likeness (QED) is 0.849. The maximum atomic E-state index is 12.7. The third-order valence-corrected chi connectivity index (χ3v) is 4.23. The molecule has 0 saturated carbocycles. The lowest BCUT2D eigenvalue weighted by Crippen LogP contribution is -2.56. The van der Waals surface area contributed by atoms with Crippen LogP contribution in [0.25, 0.3) is 0 Å². The average Bonchev–Trinajstić information content (AvgIpc) is 2.56. The van der Waals surface area contributed by atoms with Crippen molar-refractivity contribution in [2.45, 2.75) is 45.2 Å². The third-order valence-electron chi connectivity index (χ3n) is 4.23. The summed E-state index contributed by atoms with van der Waals surface area (Å²) >= 11 is 0. The molecule has 0 unspecified atom stereocenters. The number of nitrogens with one attached hydrogen (secondary N) is 2. The van der Waals surface area contributed by atoms with Crippen LogP contribution in [0.3, 0.4) is 0 Å². The van der Waals surface area contributed by atoms with Crippen LogP contribution in [0, 0.1) is 0 Å². The van der Waals surface area contributed by atoms with Gasteiger partial charge >= 0.3 is 0 Å². The molecule has 1 atom stereocenters. The van der Waals surface area contributed by atoms with Crippen molar-refractivity contribution in [3.8, 4) is 0 Å². The van der Waals surface area contributed by atoms with Crippen LogP contribution in [0.4, 0.5) is 0 Å². The normalized spacial score (nSPS) is 12.5. The van der Waals surface area contributed by atoms with Gasteiger partial charge in [0.25, 0.3) is 0 Å². The number of carbonyl (C=O) groups excluding carboxylic acids is 2. The van der Waals surface area contributed by atoms with Gasteiger partial charge in [0.1, 0.15) is 5.54 Å². The summed E-state index contributed by atoms with van der Waals surface area (Å²) < 4.78 is 0. The zero-order valence-electron chi connectivity index (χ0n) is 15.2. The Balaban J connectivity index is 2.26. The molecule has 0 radical (unpaired) electrons. The second-order valence-electron chi connectivity index (χ2n) is 6.87. The molecule has 4 heteroatoms. The molecule has 2 amide bonds. The molecule has 0 spiro atoms. The van der Waals surface area contributed by atoms with E-state index in [1.807, 2.05) is 43.3 Å². The molecule has 2 aromatic rings. The van der Waals surface area contributed by atoms with Crippen molar-refractivity contribution in [2.24, 2.45) is 0 Å². The van der Waals surface area contributed by atoms with Gasteiger partial charge in [-0.2, -0.15) is 0 Å². The molecular weight excluding hydrogens is 312 g/mol. The molecule has 4 nitrogen and oxygen atoms in total. The molecule has 132 valence electrons. The minimum atomic E-state index is -0.960. The van der Waals surface area contributed by atoms with Crippen molar-refractivity contribution >= 4 is 11.8 Å². The topological polar surface area (TPSA) is 58.2 Å². The minimum absolute atomic E-state index is 0.0273. The Morgan fingerprint density at radius 2 is 1.32 bits per heavy atom. The maximum absolute atomic E-state index is 12.7. The molecular formula is C21H26N2O2. The first-order valence-corrected chi connectivity index (χ1v) is 8.51. The minimum Gasteiger partial charge on any atom is -0.351 e. The van der Waals surface area contributed by atoms with E-state index >= 15 is 0 Å². The van der Waals surface area contributed by atoms with Gasteiger partial charge in [-0.1, -0.05) is 60.7 Å². The highest BCUT2D eigenvalue weighted by molar-refractivity contribution is 5.90. The Labute approximate surface area is 149 Å². The number of rotatable bonds is 6. The van der Waals surface area contributed by atoms with E-state index < -0.39 is 5.54 Å². The van der Waals surface area contributed by atoms with E-state index in [1.54, 1.807) is 13.8 Å². The summed E-state index contributed by atoms with van der Waals surface area (Å²) in [6.45, 7) is 6.81. The predicted octanol–water partition coefficient (Wildman–Crippen LogP) is 3.24. The summed E-state index contributed by atoms with van der Waals surface area (Å²) in [6.07, 6.45) is 0. The molecule has 0 heterocycles. The van der Waals surface area contributed by atoms with Gasteiger partial charge in [-0.3, -0.25) is 9.59 Å². The molecule has 0 fully saturated rings. The fraction of sp³-hybridized carbons (Fsp3) is 0.333. The SMILES string of the molecule is CC(=O)NC(C)(C)C(=O)N[C@@H](C)C(c1ccccc1)c1ccccc1. The van der Waals surface area contributed by atoms with E-state index in [9.17, 15) is 9.59 Å². The summed E-state index contributed by atoms with van der Waals surface area (Å²) in [5.41, 5.74) is 1.32. The van der Waals surface area contributed by atoms with Gasteiger partial charge < -0.3 is 10.6 Å². The van der Waals surface area contributed by atoms with Gasteiger partial charge in [-0.15, -0.1) is 0 Å². The summed E-state index contributed by atoms with van der Waals surface area (Å²) in [5.74, 6) is -0.401. The van der Waals surface area contributed by atoms with Crippen molar-refractivity contribution in [3.05, 3.63) is 71.8 Å². The summed E-state index contributed by atoms with van der Waals surface area (Å²) in [6, 6.07) is 20.1. The van der Waals surface area contributed by atoms with Gasteiger partial charge in [-0.05, 0) is 31.9 Å². The van der Waals surface area contributed by atoms with Crippen molar-refractivity contribution in [1.29, 1.82) is 0 Å². The van der Waals surface area contributed by atoms with Crippen LogP contribution in [0.5, 0.6) is 0 Å². The fourth-order valence-corrected chi connectivity index (χ4v) is 3.06. The smallest absolute Gasteiger partial charge is 0.245 e. The van der Waals surface area contributed by atoms with E-state index in [2.05, 4.69) is 34.9 Å². The van der Waals surface area contributed by atoms with Crippen molar-refractivity contribution in [3.63, 3.8) is 0 Å². The summed E-state index contributed by atoms with van der Waals surface area (Å²) in [5, 5.41) is 5.76. The molecule has 0 saturated heterocycles. The van der Waals surface area contributed by atoms with E-state index in [1.165, 1.54) is 6.92 Å². The first kappa shape index (κ1) is 18.7. The lowest BCUT2D eigenvalue weighted by atomic mass is 9.85. The lowest BCUT2D eigenvalue weighted by Gasteiger charge is -2.31. The van der Waals surface area contributed by atoms with Crippen LogP contribution in [-0.2, 0) is 9.59 Å². The van der Waals surface area contributed by atoms with Crippen LogP contribution in [-0.4, -0.2) is 23.4 Å². The number of benzene rings is 2. The van der Waals surface area contributed by atoms with Gasteiger partial charge in [0.15, 0.2) is 0 Å². The van der Waals surface area contributed by atoms with E-state index in [0.29, 0.717) is 0 Å². The summed E-state index contributed by atoms with van der Waals surface area (Å²) in [7, 11) is 0. The molecule has 2 rings (SSSR count). The molecule has 0 aromatic heterocycles. The van der Waals surface area contributed by atoms with E-state index in [4.69, 9.17) is 0 Å². The van der Waals surface area contributed by atoms with Crippen LogP contribution in [0.1, 0.15) is 44.7 Å². The zero-order valence-corrected chi connectivity index (χ0v) is 15.2. The lowest BCUT2D eigenvalue weighted by molar-refractivity contribution is -0.132. The molecule has 0 aliphatic rings. The Bertz CT molecular complexity index is 672. The Hall–Kier alpha value is -2.62. The fourth-order valence-electron chi connectivity index (χ4n) is 3.06. The van der Waals surface area contributed by atoms with Crippen molar-refractivity contribution < 1.29 is 9.59 Å². The average molecular weight is 338 g/mol. The van der Waals surface area contributed by atoms with Gasteiger partial charge in [0, 0.05) is 18.9 Å². The Morgan fingerprint density at radius 1 is 0.880 bits per heavy atom. The molecule has 0 bridgehead atoms. The highest BCUT2D eigenvalue weighted by atomic mass is 16.2. The standard InChI is InChI=1S/C21H26N2O2/c1-15(22-20(25)21(3,4)23-16(2)24)19(17-11-7-5-8-12-17)18-13-9-6-10-14-18/h5-15,19H,1-4H3,(H,22,25)(H,23,24)/t15-/m0/s1. The van der Waals surface area contributed by atoms with Gasteiger partial charge in [-0.25, -0.2) is 0 Å². The zero-order chi connectivity index (χ0) is 18.4. The summed E-state index contributed by atoms with van der Waals surface area (Å²) in [4.78, 5) is 24.0. The van der Waals surface area contributed by atoms with E-state index in [-0.39, 0.29) is 23.8 Å². The number of carbonyl (C=O) groups is 2. The Kier molecular flexibility index (Phi) is 5.97. The van der Waals surface area contributed by atoms with Crippen LogP contribution < -0.4 is 10.6 Å². The highest BCUT2D eigenvalue weighted by Gasteiger charge is 2.31. The molecule has 0 aliphatic carbocycles. The first-order chi connectivity index (χ1) is 11.8. The monoisotopic (exact) mass is 338 g/mol. The Morgan fingerprint density at radius 3 is 1.72 bits per heavy atom.